The van der Waals surface area contributed by atoms with Crippen LogP contribution in [-0.2, 0) is 0 Å². The summed E-state index contributed by atoms with van der Waals surface area (Å²) in [5.41, 5.74) is 0. The van der Waals surface area contributed by atoms with E-state index in [0.717, 1.165) is 13.8 Å². The van der Waals surface area contributed by atoms with Crippen LogP contribution >= 0.6 is 0 Å². The first-order chi connectivity index (χ1) is 6.35. The lowest BCUT2D eigenvalue weighted by Gasteiger charge is -2.33. The third-order valence-corrected chi connectivity index (χ3v) is 1.78. The van der Waals surface area contributed by atoms with Gasteiger partial charge in [0.05, 0.1) is 0 Å². The number of hydrogen-bond acceptors (Lipinski definition) is 1. The van der Waals surface area contributed by atoms with Crippen LogP contribution in [0.25, 0.3) is 0 Å². The Bertz CT molecular complexity index is 220. The molecule has 0 radical (unpaired) electrons. The van der Waals surface area contributed by atoms with Gasteiger partial charge < -0.3 is 5.11 Å². The average molecular weight is 242 g/mol. The lowest BCUT2D eigenvalue weighted by atomic mass is 9.96. The zero-order valence-electron chi connectivity index (χ0n) is 7.75. The van der Waals surface area contributed by atoms with Crippen LogP contribution in [-0.4, -0.2) is 29.2 Å². The fraction of sp³-hybridized carbons (Fsp3) is 1.00. The van der Waals surface area contributed by atoms with E-state index in [0.29, 0.717) is 0 Å². The second kappa shape index (κ2) is 3.80. The van der Waals surface area contributed by atoms with E-state index < -0.39 is 30.0 Å². The number of alkyl halides is 7. The summed E-state index contributed by atoms with van der Waals surface area (Å²) in [5.74, 6) is -13.2. The molecule has 1 nitrogen and oxygen atoms in total. The van der Waals surface area contributed by atoms with Crippen LogP contribution in [0, 0.1) is 5.92 Å². The molecule has 92 valence electrons. The third kappa shape index (κ3) is 2.35. The van der Waals surface area contributed by atoms with E-state index in [4.69, 9.17) is 5.11 Å². The largest absolute Gasteiger partial charge is 0.459 e. The van der Waals surface area contributed by atoms with E-state index in [1.807, 2.05) is 0 Å². The summed E-state index contributed by atoms with van der Waals surface area (Å²) in [4.78, 5) is 0. The minimum absolute atomic E-state index is 0.908. The fourth-order valence-electron chi connectivity index (χ4n) is 0.793. The molecule has 0 spiro atoms. The van der Waals surface area contributed by atoms with Gasteiger partial charge in [-0.3, -0.25) is 0 Å². The van der Waals surface area contributed by atoms with Crippen LogP contribution in [0.2, 0.25) is 0 Å². The van der Waals surface area contributed by atoms with Crippen molar-refractivity contribution in [2.75, 3.05) is 0 Å². The first kappa shape index (κ1) is 14.5. The van der Waals surface area contributed by atoms with Crippen molar-refractivity contribution in [1.29, 1.82) is 0 Å². The van der Waals surface area contributed by atoms with E-state index in [1.165, 1.54) is 0 Å². The number of hydrogen-bond donors (Lipinski definition) is 1. The van der Waals surface area contributed by atoms with Crippen molar-refractivity contribution < 1.29 is 35.8 Å². The zero-order valence-corrected chi connectivity index (χ0v) is 7.75. The molecular weight excluding hydrogens is 233 g/mol. The smallest absolute Gasteiger partial charge is 0.386 e. The van der Waals surface area contributed by atoms with Gasteiger partial charge >= 0.3 is 18.0 Å². The Morgan fingerprint density at radius 1 is 0.867 bits per heavy atom. The van der Waals surface area contributed by atoms with Crippen LogP contribution in [0.5, 0.6) is 0 Å². The predicted molar refractivity (Wildman–Crippen MR) is 36.8 cm³/mol. The zero-order chi connectivity index (χ0) is 12.7. The highest BCUT2D eigenvalue weighted by Gasteiger charge is 2.75. The quantitative estimate of drug-likeness (QED) is 0.754. The normalized spacial score (nSPS) is 17.0. The minimum atomic E-state index is -6.40. The monoisotopic (exact) mass is 242 g/mol. The molecule has 1 N–H and O–H groups in total. The standard InChI is InChI=1S/C7H9F7O/c1-3(2)4(15)5(8,9)6(10,11)7(12,13)14/h3-4,15H,1-2H3. The number of aliphatic hydroxyl groups excluding tert-OH is 1. The van der Waals surface area contributed by atoms with Crippen molar-refractivity contribution in [3.8, 4) is 0 Å². The van der Waals surface area contributed by atoms with Gasteiger partial charge in [-0.1, -0.05) is 13.8 Å². The van der Waals surface area contributed by atoms with E-state index >= 15 is 0 Å². The maximum atomic E-state index is 12.6. The first-order valence-corrected chi connectivity index (χ1v) is 3.86. The summed E-state index contributed by atoms with van der Waals surface area (Å²) in [6.45, 7) is 1.82. The summed E-state index contributed by atoms with van der Waals surface area (Å²) >= 11 is 0. The van der Waals surface area contributed by atoms with Crippen molar-refractivity contribution in [3.05, 3.63) is 0 Å². The lowest BCUT2D eigenvalue weighted by Crippen LogP contribution is -2.59. The first-order valence-electron chi connectivity index (χ1n) is 3.86. The molecule has 0 aromatic heterocycles. The Balaban J connectivity index is 5.19. The molecule has 0 aliphatic carbocycles. The molecule has 0 aromatic rings. The minimum Gasteiger partial charge on any atom is -0.386 e. The van der Waals surface area contributed by atoms with Gasteiger partial charge in [0.2, 0.25) is 0 Å². The van der Waals surface area contributed by atoms with Crippen molar-refractivity contribution >= 4 is 0 Å². The van der Waals surface area contributed by atoms with Gasteiger partial charge in [-0.15, -0.1) is 0 Å². The molecule has 0 rings (SSSR count). The van der Waals surface area contributed by atoms with Gasteiger partial charge in [-0.25, -0.2) is 0 Å². The summed E-state index contributed by atoms with van der Waals surface area (Å²) in [6.07, 6.45) is -9.46. The Kier molecular flexibility index (Phi) is 3.67. The summed E-state index contributed by atoms with van der Waals surface area (Å²) in [6, 6.07) is 0. The van der Waals surface area contributed by atoms with Crippen LogP contribution in [0.1, 0.15) is 13.8 Å². The van der Waals surface area contributed by atoms with Gasteiger partial charge in [-0.2, -0.15) is 30.7 Å². The maximum absolute atomic E-state index is 12.6. The van der Waals surface area contributed by atoms with E-state index in [2.05, 4.69) is 0 Å². The molecule has 0 bridgehead atoms. The molecule has 8 heteroatoms. The second-order valence-electron chi connectivity index (χ2n) is 3.38. The van der Waals surface area contributed by atoms with Crippen molar-refractivity contribution in [1.82, 2.24) is 0 Å². The van der Waals surface area contributed by atoms with Crippen molar-refractivity contribution in [3.63, 3.8) is 0 Å². The Hall–Kier alpha value is -0.530. The lowest BCUT2D eigenvalue weighted by molar-refractivity contribution is -0.373. The average Bonchev–Trinajstić information content (AvgIpc) is 2.00. The van der Waals surface area contributed by atoms with E-state index in [1.54, 1.807) is 0 Å². The van der Waals surface area contributed by atoms with Gasteiger partial charge in [0.15, 0.2) is 0 Å². The highest BCUT2D eigenvalue weighted by atomic mass is 19.4. The molecule has 0 aliphatic rings. The van der Waals surface area contributed by atoms with Crippen molar-refractivity contribution in [2.45, 2.75) is 38.0 Å². The second-order valence-corrected chi connectivity index (χ2v) is 3.38. The van der Waals surface area contributed by atoms with E-state index in [9.17, 15) is 30.7 Å². The van der Waals surface area contributed by atoms with Crippen LogP contribution in [0.4, 0.5) is 30.7 Å². The molecule has 0 aromatic carbocycles. The Morgan fingerprint density at radius 2 is 1.20 bits per heavy atom. The molecule has 0 amide bonds. The molecule has 0 saturated carbocycles. The van der Waals surface area contributed by atoms with Gasteiger partial charge in [0, 0.05) is 0 Å². The SMILES string of the molecule is CC(C)C(O)C(F)(F)C(F)(F)C(F)(F)F. The van der Waals surface area contributed by atoms with Gasteiger partial charge in [0.1, 0.15) is 6.10 Å². The third-order valence-electron chi connectivity index (χ3n) is 1.78. The molecule has 0 fully saturated rings. The van der Waals surface area contributed by atoms with Crippen LogP contribution in [0.3, 0.4) is 0 Å². The molecule has 15 heavy (non-hydrogen) atoms. The number of rotatable bonds is 3. The molecule has 0 heterocycles. The van der Waals surface area contributed by atoms with Gasteiger partial charge in [-0.05, 0) is 5.92 Å². The summed E-state index contributed by atoms with van der Waals surface area (Å²) < 4.78 is 84.6. The fourth-order valence-corrected chi connectivity index (χ4v) is 0.793. The van der Waals surface area contributed by atoms with Crippen molar-refractivity contribution in [2.24, 2.45) is 5.92 Å². The number of aliphatic hydroxyl groups is 1. The molecule has 0 saturated heterocycles. The highest BCUT2D eigenvalue weighted by molar-refractivity contribution is 4.96. The topological polar surface area (TPSA) is 20.2 Å². The van der Waals surface area contributed by atoms with Gasteiger partial charge in [0.25, 0.3) is 0 Å². The van der Waals surface area contributed by atoms with Crippen LogP contribution in [0.15, 0.2) is 0 Å². The Labute approximate surface area is 80.9 Å². The highest BCUT2D eigenvalue weighted by Crippen LogP contribution is 2.48. The molecule has 0 aliphatic heterocycles. The Morgan fingerprint density at radius 3 is 1.40 bits per heavy atom. The summed E-state index contributed by atoms with van der Waals surface area (Å²) in [7, 11) is 0. The predicted octanol–water partition coefficient (Wildman–Crippen LogP) is 2.84. The summed E-state index contributed by atoms with van der Waals surface area (Å²) in [5, 5.41) is 8.62. The maximum Gasteiger partial charge on any atom is 0.459 e. The molecule has 1 unspecified atom stereocenters. The van der Waals surface area contributed by atoms with E-state index in [-0.39, 0.29) is 0 Å². The molecular formula is C7H9F7O. The number of halogens is 7. The molecule has 1 atom stereocenters. The van der Waals surface area contributed by atoms with Crippen LogP contribution < -0.4 is 0 Å².